The van der Waals surface area contributed by atoms with Crippen molar-refractivity contribution in [3.8, 4) is 5.75 Å². The van der Waals surface area contributed by atoms with Crippen molar-refractivity contribution in [2.75, 3.05) is 37.7 Å². The smallest absolute Gasteiger partial charge is 0.365 e. The highest BCUT2D eigenvalue weighted by atomic mass is 16.7. The van der Waals surface area contributed by atoms with Crippen molar-refractivity contribution in [1.82, 2.24) is 10.4 Å². The van der Waals surface area contributed by atoms with E-state index in [9.17, 15) is 29.7 Å². The fourth-order valence-corrected chi connectivity index (χ4v) is 4.73. The third-order valence-corrected chi connectivity index (χ3v) is 6.98. The molecular formula is C31H43N3O8. The van der Waals surface area contributed by atoms with Crippen molar-refractivity contribution in [2.24, 2.45) is 0 Å². The molecule has 0 spiro atoms. The van der Waals surface area contributed by atoms with Gasteiger partial charge in [-0.3, -0.25) is 9.59 Å². The number of amides is 3. The molecule has 0 bridgehead atoms. The number of urea groups is 1. The molecule has 1 saturated heterocycles. The summed E-state index contributed by atoms with van der Waals surface area (Å²) in [5.74, 6) is -1.06. The van der Waals surface area contributed by atoms with Crippen LogP contribution in [0.15, 0.2) is 42.5 Å². The van der Waals surface area contributed by atoms with Crippen LogP contribution in [-0.4, -0.2) is 71.1 Å². The number of carbonyl (C=O) groups is 3. The van der Waals surface area contributed by atoms with Gasteiger partial charge in [0.1, 0.15) is 12.3 Å². The van der Waals surface area contributed by atoms with Gasteiger partial charge in [-0.05, 0) is 74.0 Å². The Kier molecular flexibility index (Phi) is 13.7. The monoisotopic (exact) mass is 585 g/mol. The van der Waals surface area contributed by atoms with E-state index in [4.69, 9.17) is 9.57 Å². The van der Waals surface area contributed by atoms with E-state index < -0.39 is 24.0 Å². The van der Waals surface area contributed by atoms with Crippen molar-refractivity contribution in [2.45, 2.75) is 71.0 Å². The Balaban J connectivity index is 1.18. The summed E-state index contributed by atoms with van der Waals surface area (Å²) in [7, 11) is 0. The van der Waals surface area contributed by atoms with Crippen LogP contribution in [0.3, 0.4) is 0 Å². The highest BCUT2D eigenvalue weighted by Gasteiger charge is 2.39. The molecule has 1 heterocycles. The van der Waals surface area contributed by atoms with Gasteiger partial charge in [0.05, 0.1) is 18.4 Å². The molecule has 1 fully saturated rings. The Morgan fingerprint density at radius 3 is 2.48 bits per heavy atom. The lowest BCUT2D eigenvalue weighted by molar-refractivity contribution is -0.171. The summed E-state index contributed by atoms with van der Waals surface area (Å²) in [6, 6.07) is 11.4. The number of nitrogens with one attached hydrogen (secondary N) is 1. The number of aromatic hydroxyl groups is 1. The molecule has 4 N–H and O–H groups in total. The second-order valence-electron chi connectivity index (χ2n) is 10.4. The van der Waals surface area contributed by atoms with Crippen LogP contribution < -0.4 is 10.2 Å². The first-order valence-corrected chi connectivity index (χ1v) is 14.6. The number of benzene rings is 2. The summed E-state index contributed by atoms with van der Waals surface area (Å²) < 4.78 is 5.76. The summed E-state index contributed by atoms with van der Waals surface area (Å²) in [4.78, 5) is 41.8. The maximum absolute atomic E-state index is 12.5. The number of hydrogen-bond donors (Lipinski definition) is 4. The number of carbonyl (C=O) groups excluding carboxylic acids is 3. The molecule has 1 aliphatic heterocycles. The van der Waals surface area contributed by atoms with Crippen molar-refractivity contribution >= 4 is 23.6 Å². The van der Waals surface area contributed by atoms with Gasteiger partial charge in [-0.15, -0.1) is 5.06 Å². The van der Waals surface area contributed by atoms with Gasteiger partial charge in [0.15, 0.2) is 0 Å². The second kappa shape index (κ2) is 17.4. The number of hydrogen-bond acceptors (Lipinski definition) is 9. The highest BCUT2D eigenvalue weighted by molar-refractivity contribution is 6.19. The first-order chi connectivity index (χ1) is 20.3. The van der Waals surface area contributed by atoms with E-state index >= 15 is 0 Å². The SMILES string of the molecule is CC(=O)ON1CC(=O)N(c2cccc(CCCCCOCCCCCCNC[C@H](O)c3ccc(O)c(CO)c3)c2)C1=O. The van der Waals surface area contributed by atoms with Gasteiger partial charge in [0.2, 0.25) is 0 Å². The van der Waals surface area contributed by atoms with E-state index in [1.54, 1.807) is 18.2 Å². The zero-order valence-corrected chi connectivity index (χ0v) is 24.3. The zero-order chi connectivity index (χ0) is 30.3. The van der Waals surface area contributed by atoms with E-state index in [0.717, 1.165) is 86.7 Å². The zero-order valence-electron chi connectivity index (χ0n) is 24.3. The average molecular weight is 586 g/mol. The number of hydroxylamine groups is 2. The Hall–Kier alpha value is -3.51. The molecule has 230 valence electrons. The van der Waals surface area contributed by atoms with Gasteiger partial charge in [-0.25, -0.2) is 9.69 Å². The average Bonchev–Trinajstić information content (AvgIpc) is 3.24. The summed E-state index contributed by atoms with van der Waals surface area (Å²) in [6.45, 7) is 3.31. The summed E-state index contributed by atoms with van der Waals surface area (Å²) in [5.41, 5.74) is 2.57. The van der Waals surface area contributed by atoms with E-state index in [-0.39, 0.29) is 18.9 Å². The molecule has 42 heavy (non-hydrogen) atoms. The fraction of sp³-hybridized carbons (Fsp3) is 0.516. The number of nitrogens with zero attached hydrogens (tertiary/aromatic N) is 2. The molecule has 0 radical (unpaired) electrons. The first kappa shape index (κ1) is 33.0. The number of phenols is 1. The molecule has 11 heteroatoms. The molecule has 11 nitrogen and oxygen atoms in total. The lowest BCUT2D eigenvalue weighted by atomic mass is 10.1. The van der Waals surface area contributed by atoms with Crippen molar-refractivity contribution in [3.63, 3.8) is 0 Å². The molecule has 1 atom stereocenters. The van der Waals surface area contributed by atoms with Crippen molar-refractivity contribution < 1.29 is 39.3 Å². The van der Waals surface area contributed by atoms with E-state index in [2.05, 4.69) is 5.32 Å². The van der Waals surface area contributed by atoms with E-state index in [1.807, 2.05) is 18.2 Å². The quantitative estimate of drug-likeness (QED) is 0.143. The number of aliphatic hydroxyl groups excluding tert-OH is 2. The van der Waals surface area contributed by atoms with Crippen LogP contribution in [0.4, 0.5) is 10.5 Å². The van der Waals surface area contributed by atoms with Gasteiger partial charge < -0.3 is 30.2 Å². The largest absolute Gasteiger partial charge is 0.508 e. The lowest BCUT2D eigenvalue weighted by Gasteiger charge is -2.16. The Labute approximate surface area is 247 Å². The molecular weight excluding hydrogens is 542 g/mol. The van der Waals surface area contributed by atoms with Crippen LogP contribution in [0.25, 0.3) is 0 Å². The third kappa shape index (κ3) is 10.4. The number of ether oxygens (including phenoxy) is 1. The van der Waals surface area contributed by atoms with E-state index in [1.165, 1.54) is 13.0 Å². The molecule has 0 saturated carbocycles. The molecule has 0 aromatic heterocycles. The van der Waals surface area contributed by atoms with Crippen LogP contribution in [0.2, 0.25) is 0 Å². The van der Waals surface area contributed by atoms with Crippen LogP contribution in [0.1, 0.15) is 74.7 Å². The maximum atomic E-state index is 12.5. The molecule has 2 aromatic rings. The van der Waals surface area contributed by atoms with Gasteiger partial charge in [-0.1, -0.05) is 37.5 Å². The van der Waals surface area contributed by atoms with Gasteiger partial charge >= 0.3 is 12.0 Å². The fourth-order valence-electron chi connectivity index (χ4n) is 4.73. The summed E-state index contributed by atoms with van der Waals surface area (Å²) in [6.07, 6.45) is 7.25. The van der Waals surface area contributed by atoms with Crippen molar-refractivity contribution in [1.29, 1.82) is 0 Å². The summed E-state index contributed by atoms with van der Waals surface area (Å²) >= 11 is 0. The van der Waals surface area contributed by atoms with Crippen LogP contribution in [0, 0.1) is 0 Å². The normalized spacial score (nSPS) is 14.1. The number of aryl methyl sites for hydroxylation is 1. The van der Waals surface area contributed by atoms with Gasteiger partial charge in [0.25, 0.3) is 5.91 Å². The van der Waals surface area contributed by atoms with Crippen LogP contribution in [0.5, 0.6) is 5.75 Å². The lowest BCUT2D eigenvalue weighted by Crippen LogP contribution is -2.34. The predicted octanol–water partition coefficient (Wildman–Crippen LogP) is 3.74. The number of aliphatic hydroxyl groups is 2. The molecule has 2 aromatic carbocycles. The molecule has 1 aliphatic rings. The van der Waals surface area contributed by atoms with Gasteiger partial charge in [0, 0.05) is 32.2 Å². The molecule has 3 amide bonds. The summed E-state index contributed by atoms with van der Waals surface area (Å²) in [5, 5.41) is 33.2. The highest BCUT2D eigenvalue weighted by Crippen LogP contribution is 2.24. The molecule has 0 aliphatic carbocycles. The topological polar surface area (TPSA) is 149 Å². The van der Waals surface area contributed by atoms with Crippen LogP contribution in [-0.2, 0) is 32.2 Å². The standard InChI is InChI=1S/C31H43N3O8/c1-23(36)42-33-21-30(39)34(31(33)40)27-12-9-11-24(18-27)10-5-4-8-17-41-16-7-3-2-6-15-32-20-29(38)25-13-14-28(37)26(19-25)22-35/h9,11-14,18-19,29,32,35,37-38H,2-8,10,15-17,20-22H2,1H3/t29-/m0/s1. The third-order valence-electron chi connectivity index (χ3n) is 6.98. The molecule has 0 unspecified atom stereocenters. The maximum Gasteiger partial charge on any atom is 0.365 e. The Morgan fingerprint density at radius 1 is 1.00 bits per heavy atom. The number of imide groups is 1. The van der Waals surface area contributed by atoms with E-state index in [0.29, 0.717) is 23.4 Å². The van der Waals surface area contributed by atoms with Crippen molar-refractivity contribution in [3.05, 3.63) is 59.2 Å². The molecule has 3 rings (SSSR count). The second-order valence-corrected chi connectivity index (χ2v) is 10.4. The Morgan fingerprint density at radius 2 is 1.74 bits per heavy atom. The minimum absolute atomic E-state index is 0.0269. The Bertz CT molecular complexity index is 1170. The first-order valence-electron chi connectivity index (χ1n) is 14.6. The predicted molar refractivity (Wildman–Crippen MR) is 156 cm³/mol. The van der Waals surface area contributed by atoms with Crippen LogP contribution >= 0.6 is 0 Å². The number of anilines is 1. The minimum Gasteiger partial charge on any atom is -0.508 e. The number of rotatable bonds is 19. The number of unbranched alkanes of at least 4 members (excludes halogenated alkanes) is 5. The van der Waals surface area contributed by atoms with Gasteiger partial charge in [-0.2, -0.15) is 0 Å². The minimum atomic E-state index is -0.692.